The van der Waals surface area contributed by atoms with Crippen molar-refractivity contribution in [2.45, 2.75) is 226 Å². The number of hydrogen-bond donors (Lipinski definition) is 1. The minimum atomic E-state index is -0.392. The van der Waals surface area contributed by atoms with Gasteiger partial charge in [0.1, 0.15) is 5.75 Å². The first kappa shape index (κ1) is 50.1. The van der Waals surface area contributed by atoms with E-state index in [4.69, 9.17) is 14.2 Å². The third-order valence-electron chi connectivity index (χ3n) is 11.1. The Balaban J connectivity index is 1.67. The van der Waals surface area contributed by atoms with Gasteiger partial charge in [0.15, 0.2) is 11.5 Å². The molecule has 0 bridgehead atoms. The summed E-state index contributed by atoms with van der Waals surface area (Å²) in [6.07, 6.45) is 43.0. The number of anilines is 1. The molecule has 0 saturated carbocycles. The van der Waals surface area contributed by atoms with E-state index in [9.17, 15) is 9.59 Å². The fraction of sp³-hybridized carbons (Fsp3) is 0.725. The molecular formula is C51H85NO5. The Kier molecular flexibility index (Phi) is 31.7. The molecule has 0 fully saturated rings. The molecule has 57 heavy (non-hydrogen) atoms. The maximum absolute atomic E-state index is 13.0. The van der Waals surface area contributed by atoms with Crippen molar-refractivity contribution in [2.75, 3.05) is 18.5 Å². The molecule has 0 saturated heterocycles. The summed E-state index contributed by atoms with van der Waals surface area (Å²) in [4.78, 5) is 24.3. The van der Waals surface area contributed by atoms with Crippen molar-refractivity contribution < 1.29 is 23.8 Å². The molecule has 0 heterocycles. The largest absolute Gasteiger partial charge is 0.490 e. The summed E-state index contributed by atoms with van der Waals surface area (Å²) in [6, 6.07) is 12.2. The fourth-order valence-electron chi connectivity index (χ4n) is 7.53. The lowest BCUT2D eigenvalue weighted by atomic mass is 10.0. The highest BCUT2D eigenvalue weighted by molar-refractivity contribution is 6.04. The molecule has 324 valence electrons. The average Bonchev–Trinajstić information content (AvgIpc) is 3.20. The van der Waals surface area contributed by atoms with E-state index in [2.05, 4.69) is 19.2 Å². The van der Waals surface area contributed by atoms with Gasteiger partial charge >= 0.3 is 5.97 Å². The number of carbonyl (C=O) groups excluding carboxylic acids is 2. The second-order valence-corrected chi connectivity index (χ2v) is 16.5. The molecule has 0 spiro atoms. The summed E-state index contributed by atoms with van der Waals surface area (Å²) in [5, 5.41) is 2.99. The van der Waals surface area contributed by atoms with Crippen LogP contribution in [-0.4, -0.2) is 25.1 Å². The average molecular weight is 792 g/mol. The molecule has 0 aliphatic carbocycles. The van der Waals surface area contributed by atoms with Crippen molar-refractivity contribution in [2.24, 2.45) is 0 Å². The molecule has 1 N–H and O–H groups in total. The molecule has 2 rings (SSSR count). The molecule has 2 aromatic rings. The second kappa shape index (κ2) is 36.1. The summed E-state index contributed by atoms with van der Waals surface area (Å²) >= 11 is 0. The summed E-state index contributed by atoms with van der Waals surface area (Å²) in [5.74, 6) is 1.19. The minimum absolute atomic E-state index is 0.241. The SMILES string of the molecule is CCCCCCCCCCCCCCCCCCOc1ccc(NC(=O)c2ccc(OC(C)=O)cc2)cc1OCCCCCCCCCCCCCCCCCC. The van der Waals surface area contributed by atoms with Crippen molar-refractivity contribution >= 4 is 17.6 Å². The molecule has 6 heteroatoms. The Morgan fingerprint density at radius 2 is 0.789 bits per heavy atom. The number of amides is 1. The van der Waals surface area contributed by atoms with E-state index in [1.807, 2.05) is 18.2 Å². The number of esters is 1. The van der Waals surface area contributed by atoms with Crippen LogP contribution >= 0.6 is 0 Å². The maximum atomic E-state index is 13.0. The van der Waals surface area contributed by atoms with Gasteiger partial charge in [-0.25, -0.2) is 0 Å². The predicted molar refractivity (Wildman–Crippen MR) is 242 cm³/mol. The fourth-order valence-corrected chi connectivity index (χ4v) is 7.53. The first-order valence-electron chi connectivity index (χ1n) is 24.0. The van der Waals surface area contributed by atoms with Crippen LogP contribution < -0.4 is 19.5 Å². The van der Waals surface area contributed by atoms with E-state index in [0.29, 0.717) is 36.0 Å². The van der Waals surface area contributed by atoms with Crippen LogP contribution in [0.5, 0.6) is 17.2 Å². The second-order valence-electron chi connectivity index (χ2n) is 16.5. The van der Waals surface area contributed by atoms with Crippen LogP contribution in [-0.2, 0) is 4.79 Å². The quantitative estimate of drug-likeness (QED) is 0.0415. The van der Waals surface area contributed by atoms with Crippen LogP contribution in [0.15, 0.2) is 42.5 Å². The van der Waals surface area contributed by atoms with Crippen LogP contribution in [0, 0.1) is 0 Å². The van der Waals surface area contributed by atoms with E-state index < -0.39 is 5.97 Å². The molecule has 0 unspecified atom stereocenters. The summed E-state index contributed by atoms with van der Waals surface area (Å²) in [7, 11) is 0. The van der Waals surface area contributed by atoms with E-state index in [1.165, 1.54) is 193 Å². The number of carbonyl (C=O) groups is 2. The Morgan fingerprint density at radius 3 is 1.16 bits per heavy atom. The minimum Gasteiger partial charge on any atom is -0.490 e. The number of unbranched alkanes of at least 4 members (excludes halogenated alkanes) is 30. The van der Waals surface area contributed by atoms with Crippen molar-refractivity contribution in [3.63, 3.8) is 0 Å². The molecule has 0 aliphatic rings. The number of rotatable bonds is 39. The van der Waals surface area contributed by atoms with Gasteiger partial charge in [0.25, 0.3) is 5.91 Å². The van der Waals surface area contributed by atoms with Crippen molar-refractivity contribution in [1.29, 1.82) is 0 Å². The lowest BCUT2D eigenvalue weighted by Gasteiger charge is -2.15. The molecule has 0 atom stereocenters. The summed E-state index contributed by atoms with van der Waals surface area (Å²) < 4.78 is 17.6. The summed E-state index contributed by atoms with van der Waals surface area (Å²) in [5.41, 5.74) is 1.13. The zero-order valence-electron chi connectivity index (χ0n) is 37.1. The first-order chi connectivity index (χ1) is 28.0. The highest BCUT2D eigenvalue weighted by Gasteiger charge is 2.12. The standard InChI is InChI=1S/C51H85NO5/c1-4-6-8-10-12-14-16-18-20-22-24-26-28-30-32-34-42-55-49-41-38-47(52-51(54)46-36-39-48(40-37-46)57-45(3)53)44-50(49)56-43-35-33-31-29-27-25-23-21-19-17-15-13-11-9-7-5-2/h36-41,44H,4-35,42-43H2,1-3H3,(H,52,54). The Bertz CT molecular complexity index is 1240. The lowest BCUT2D eigenvalue weighted by molar-refractivity contribution is -0.131. The first-order valence-corrected chi connectivity index (χ1v) is 24.0. The van der Waals surface area contributed by atoms with Gasteiger partial charge < -0.3 is 19.5 Å². The van der Waals surface area contributed by atoms with Gasteiger partial charge in [0.05, 0.1) is 13.2 Å². The normalized spacial score (nSPS) is 11.1. The van der Waals surface area contributed by atoms with Crippen LogP contribution in [0.2, 0.25) is 0 Å². The number of hydrogen-bond acceptors (Lipinski definition) is 5. The number of benzene rings is 2. The molecule has 0 aromatic heterocycles. The molecule has 0 aliphatic heterocycles. The molecular weight excluding hydrogens is 707 g/mol. The van der Waals surface area contributed by atoms with E-state index in [-0.39, 0.29) is 5.91 Å². The van der Waals surface area contributed by atoms with Gasteiger partial charge in [-0.15, -0.1) is 0 Å². The Hall–Kier alpha value is -3.02. The van der Waals surface area contributed by atoms with Crippen LogP contribution in [0.3, 0.4) is 0 Å². The van der Waals surface area contributed by atoms with Gasteiger partial charge in [-0.1, -0.05) is 206 Å². The molecule has 0 radical (unpaired) electrons. The van der Waals surface area contributed by atoms with E-state index in [0.717, 1.165) is 25.0 Å². The highest BCUT2D eigenvalue weighted by atomic mass is 16.5. The van der Waals surface area contributed by atoms with Crippen LogP contribution in [0.25, 0.3) is 0 Å². The zero-order chi connectivity index (χ0) is 40.9. The van der Waals surface area contributed by atoms with E-state index in [1.54, 1.807) is 24.3 Å². The van der Waals surface area contributed by atoms with Crippen LogP contribution in [0.4, 0.5) is 5.69 Å². The third kappa shape index (κ3) is 28.1. The summed E-state index contributed by atoms with van der Waals surface area (Å²) in [6.45, 7) is 7.22. The molecule has 6 nitrogen and oxygen atoms in total. The predicted octanol–water partition coefficient (Wildman–Crippen LogP) is 16.1. The maximum Gasteiger partial charge on any atom is 0.308 e. The molecule has 1 amide bonds. The van der Waals surface area contributed by atoms with Crippen molar-refractivity contribution in [1.82, 2.24) is 0 Å². The van der Waals surface area contributed by atoms with Crippen molar-refractivity contribution in [3.05, 3.63) is 48.0 Å². The Labute approximate surface area is 350 Å². The van der Waals surface area contributed by atoms with Gasteiger partial charge in [-0.2, -0.15) is 0 Å². The topological polar surface area (TPSA) is 73.9 Å². The van der Waals surface area contributed by atoms with Gasteiger partial charge in [-0.05, 0) is 49.2 Å². The van der Waals surface area contributed by atoms with Gasteiger partial charge in [0.2, 0.25) is 0 Å². The van der Waals surface area contributed by atoms with Gasteiger partial charge in [0, 0.05) is 24.2 Å². The third-order valence-corrected chi connectivity index (χ3v) is 11.1. The monoisotopic (exact) mass is 792 g/mol. The Morgan fingerprint density at radius 1 is 0.439 bits per heavy atom. The zero-order valence-corrected chi connectivity index (χ0v) is 37.1. The smallest absolute Gasteiger partial charge is 0.308 e. The number of nitrogens with one attached hydrogen (secondary N) is 1. The van der Waals surface area contributed by atoms with Gasteiger partial charge in [-0.3, -0.25) is 9.59 Å². The molecule has 2 aromatic carbocycles. The van der Waals surface area contributed by atoms with Crippen molar-refractivity contribution in [3.8, 4) is 17.2 Å². The van der Waals surface area contributed by atoms with Crippen LogP contribution in [0.1, 0.15) is 237 Å². The highest BCUT2D eigenvalue weighted by Crippen LogP contribution is 2.32. The number of ether oxygens (including phenoxy) is 3. The lowest BCUT2D eigenvalue weighted by Crippen LogP contribution is -2.12. The van der Waals surface area contributed by atoms with E-state index >= 15 is 0 Å².